The quantitative estimate of drug-likeness (QED) is 0.712. The van der Waals surface area contributed by atoms with Crippen LogP contribution in [0.1, 0.15) is 46.2 Å². The molecule has 1 aromatic carbocycles. The van der Waals surface area contributed by atoms with Crippen molar-refractivity contribution in [3.63, 3.8) is 0 Å². The third kappa shape index (κ3) is 4.08. The van der Waals surface area contributed by atoms with Gasteiger partial charge in [-0.25, -0.2) is 4.39 Å². The minimum atomic E-state index is -0.433. The topological polar surface area (TPSA) is 12.0 Å². The molecule has 0 aromatic heterocycles. The van der Waals surface area contributed by atoms with Crippen LogP contribution < -0.4 is 5.32 Å². The van der Waals surface area contributed by atoms with Gasteiger partial charge in [-0.3, -0.25) is 0 Å². The summed E-state index contributed by atoms with van der Waals surface area (Å²) >= 11 is 12.1. The van der Waals surface area contributed by atoms with Crippen LogP contribution in [0.25, 0.3) is 0 Å². The van der Waals surface area contributed by atoms with Gasteiger partial charge >= 0.3 is 0 Å². The molecule has 0 saturated heterocycles. The first-order chi connectivity index (χ1) is 8.66. The van der Waals surface area contributed by atoms with Crippen LogP contribution in [-0.4, -0.2) is 6.54 Å². The molecule has 0 fully saturated rings. The molecule has 0 bridgehead atoms. The number of hydrogen-bond acceptors (Lipinski definition) is 1. The van der Waals surface area contributed by atoms with Gasteiger partial charge in [-0.2, -0.15) is 0 Å². The van der Waals surface area contributed by atoms with Gasteiger partial charge in [0.1, 0.15) is 5.82 Å². The van der Waals surface area contributed by atoms with Crippen molar-refractivity contribution in [2.75, 3.05) is 6.54 Å². The Balaban J connectivity index is 2.85. The lowest BCUT2D eigenvalue weighted by Crippen LogP contribution is -2.35. The second-order valence-electron chi connectivity index (χ2n) is 6.00. The van der Waals surface area contributed by atoms with Crippen LogP contribution in [0.15, 0.2) is 12.1 Å². The molecule has 1 unspecified atom stereocenters. The predicted molar refractivity (Wildman–Crippen MR) is 81.5 cm³/mol. The van der Waals surface area contributed by atoms with E-state index in [1.165, 1.54) is 6.07 Å². The lowest BCUT2D eigenvalue weighted by molar-refractivity contribution is 0.230. The van der Waals surface area contributed by atoms with Crippen LogP contribution >= 0.6 is 23.2 Å². The van der Waals surface area contributed by atoms with E-state index in [4.69, 9.17) is 23.2 Å². The minimum Gasteiger partial charge on any atom is -0.310 e. The highest BCUT2D eigenvalue weighted by Crippen LogP contribution is 2.33. The fraction of sp³-hybridized carbons (Fsp3) is 0.600. The maximum atomic E-state index is 13.5. The van der Waals surface area contributed by atoms with E-state index in [0.717, 1.165) is 6.54 Å². The Morgan fingerprint density at radius 2 is 1.79 bits per heavy atom. The summed E-state index contributed by atoms with van der Waals surface area (Å²) in [6, 6.07) is 2.75. The van der Waals surface area contributed by atoms with Gasteiger partial charge in [0.2, 0.25) is 0 Å². The first-order valence-electron chi connectivity index (χ1n) is 6.53. The van der Waals surface area contributed by atoms with E-state index in [-0.39, 0.29) is 16.5 Å². The van der Waals surface area contributed by atoms with Gasteiger partial charge in [0.15, 0.2) is 0 Å². The van der Waals surface area contributed by atoms with Crippen LogP contribution in [0.2, 0.25) is 10.0 Å². The van der Waals surface area contributed by atoms with Crippen molar-refractivity contribution in [3.05, 3.63) is 33.6 Å². The lowest BCUT2D eigenvalue weighted by atomic mass is 9.81. The van der Waals surface area contributed by atoms with Crippen molar-refractivity contribution >= 4 is 23.2 Å². The van der Waals surface area contributed by atoms with Gasteiger partial charge in [0, 0.05) is 23.2 Å². The van der Waals surface area contributed by atoms with Crippen LogP contribution in [0.3, 0.4) is 0 Å². The fourth-order valence-corrected chi connectivity index (χ4v) is 2.36. The highest BCUT2D eigenvalue weighted by Gasteiger charge is 2.24. The molecule has 0 aliphatic rings. The van der Waals surface area contributed by atoms with Gasteiger partial charge in [-0.15, -0.1) is 0 Å². The second-order valence-corrected chi connectivity index (χ2v) is 6.79. The normalized spacial score (nSPS) is 13.9. The third-order valence-electron chi connectivity index (χ3n) is 3.94. The van der Waals surface area contributed by atoms with Crippen LogP contribution in [0.4, 0.5) is 4.39 Å². The minimum absolute atomic E-state index is 0.0891. The molecule has 108 valence electrons. The summed E-state index contributed by atoms with van der Waals surface area (Å²) in [4.78, 5) is 0. The molecule has 0 aliphatic heterocycles. The van der Waals surface area contributed by atoms with E-state index in [0.29, 0.717) is 16.5 Å². The zero-order valence-electron chi connectivity index (χ0n) is 12.2. The van der Waals surface area contributed by atoms with Gasteiger partial charge < -0.3 is 5.32 Å². The number of benzene rings is 1. The van der Waals surface area contributed by atoms with E-state index < -0.39 is 5.82 Å². The van der Waals surface area contributed by atoms with E-state index in [1.54, 1.807) is 6.07 Å². The Labute approximate surface area is 125 Å². The summed E-state index contributed by atoms with van der Waals surface area (Å²) in [7, 11) is 0. The second kappa shape index (κ2) is 6.43. The summed E-state index contributed by atoms with van der Waals surface area (Å²) in [6.07, 6.45) is 0. The Hall–Kier alpha value is -0.310. The standard InChI is InChI=1S/C15H22Cl2FN/c1-9(2)15(4,5)8-19-10(3)13-11(16)6-7-12(18)14(13)17/h6-7,9-10,19H,8H2,1-5H3. The Morgan fingerprint density at radius 1 is 1.21 bits per heavy atom. The molecule has 0 amide bonds. The van der Waals surface area contributed by atoms with E-state index in [1.807, 2.05) is 6.92 Å². The largest absolute Gasteiger partial charge is 0.310 e. The smallest absolute Gasteiger partial charge is 0.142 e. The molecule has 0 spiro atoms. The molecule has 1 rings (SSSR count). The Morgan fingerprint density at radius 3 is 2.32 bits per heavy atom. The maximum absolute atomic E-state index is 13.5. The van der Waals surface area contributed by atoms with Crippen molar-refractivity contribution in [3.8, 4) is 0 Å². The molecule has 1 N–H and O–H groups in total. The monoisotopic (exact) mass is 305 g/mol. The molecule has 0 aliphatic carbocycles. The molecule has 1 aromatic rings. The Kier molecular flexibility index (Phi) is 5.66. The number of nitrogens with one attached hydrogen (secondary N) is 1. The summed E-state index contributed by atoms with van der Waals surface area (Å²) in [6.45, 7) is 11.5. The molecule has 0 radical (unpaired) electrons. The summed E-state index contributed by atoms with van der Waals surface area (Å²) in [5, 5.41) is 3.99. The van der Waals surface area contributed by atoms with E-state index >= 15 is 0 Å². The maximum Gasteiger partial charge on any atom is 0.142 e. The fourth-order valence-electron chi connectivity index (χ4n) is 1.66. The molecule has 19 heavy (non-hydrogen) atoms. The zero-order chi connectivity index (χ0) is 14.8. The Bertz CT molecular complexity index is 444. The first-order valence-corrected chi connectivity index (χ1v) is 7.29. The summed E-state index contributed by atoms with van der Waals surface area (Å²) < 4.78 is 13.5. The van der Waals surface area contributed by atoms with Crippen molar-refractivity contribution in [2.24, 2.45) is 11.3 Å². The zero-order valence-corrected chi connectivity index (χ0v) is 13.7. The van der Waals surface area contributed by atoms with Crippen LogP contribution in [0.5, 0.6) is 0 Å². The van der Waals surface area contributed by atoms with E-state index in [2.05, 4.69) is 33.0 Å². The molecular weight excluding hydrogens is 284 g/mol. The molecule has 0 saturated carbocycles. The third-order valence-corrected chi connectivity index (χ3v) is 4.65. The first kappa shape index (κ1) is 16.7. The molecular formula is C15H22Cl2FN. The highest BCUT2D eigenvalue weighted by atomic mass is 35.5. The predicted octanol–water partition coefficient (Wildman–Crippen LogP) is 5.47. The summed E-state index contributed by atoms with van der Waals surface area (Å²) in [5.74, 6) is 0.114. The number of halogens is 3. The van der Waals surface area contributed by atoms with E-state index in [9.17, 15) is 4.39 Å². The number of hydrogen-bond donors (Lipinski definition) is 1. The van der Waals surface area contributed by atoms with Gasteiger partial charge in [0.05, 0.1) is 5.02 Å². The van der Waals surface area contributed by atoms with Crippen molar-refractivity contribution in [2.45, 2.75) is 40.7 Å². The van der Waals surface area contributed by atoms with Crippen molar-refractivity contribution < 1.29 is 4.39 Å². The summed E-state index contributed by atoms with van der Waals surface area (Å²) in [5.41, 5.74) is 0.781. The molecule has 1 nitrogen and oxygen atoms in total. The highest BCUT2D eigenvalue weighted by molar-refractivity contribution is 6.36. The lowest BCUT2D eigenvalue weighted by Gasteiger charge is -2.31. The molecule has 4 heteroatoms. The van der Waals surface area contributed by atoms with Gasteiger partial charge in [0.25, 0.3) is 0 Å². The van der Waals surface area contributed by atoms with Gasteiger partial charge in [-0.1, -0.05) is 50.9 Å². The van der Waals surface area contributed by atoms with Gasteiger partial charge in [-0.05, 0) is 30.4 Å². The van der Waals surface area contributed by atoms with Crippen molar-refractivity contribution in [1.29, 1.82) is 0 Å². The van der Waals surface area contributed by atoms with Crippen LogP contribution in [0, 0.1) is 17.2 Å². The molecule has 0 heterocycles. The van der Waals surface area contributed by atoms with Crippen molar-refractivity contribution in [1.82, 2.24) is 5.32 Å². The SMILES string of the molecule is CC(NCC(C)(C)C(C)C)c1c(Cl)ccc(F)c1Cl. The average molecular weight is 306 g/mol. The number of rotatable bonds is 5. The average Bonchev–Trinajstić information content (AvgIpc) is 2.32. The van der Waals surface area contributed by atoms with Crippen LogP contribution in [-0.2, 0) is 0 Å². The molecule has 1 atom stereocenters.